The second-order valence-corrected chi connectivity index (χ2v) is 8.08. The number of ketones is 1. The molecule has 0 saturated carbocycles. The van der Waals surface area contributed by atoms with Gasteiger partial charge in [0.1, 0.15) is 17.2 Å². The minimum absolute atomic E-state index is 0.0355. The highest BCUT2D eigenvalue weighted by Gasteiger charge is 2.28. The number of rotatable bonds is 7. The summed E-state index contributed by atoms with van der Waals surface area (Å²) in [6.45, 7) is 3.52. The van der Waals surface area contributed by atoms with Crippen LogP contribution in [0.4, 0.5) is 4.39 Å². The largest absolute Gasteiger partial charge is 0.497 e. The molecule has 0 spiro atoms. The maximum absolute atomic E-state index is 15.5. The average molecular weight is 441 g/mol. The van der Waals surface area contributed by atoms with E-state index in [-0.39, 0.29) is 5.78 Å². The van der Waals surface area contributed by atoms with Crippen LogP contribution in [0, 0.1) is 6.92 Å². The van der Waals surface area contributed by atoms with E-state index in [1.165, 1.54) is 6.92 Å². The molecule has 0 aliphatic heterocycles. The van der Waals surface area contributed by atoms with Crippen molar-refractivity contribution in [3.05, 3.63) is 125 Å². The second kappa shape index (κ2) is 9.29. The van der Waals surface area contributed by atoms with Crippen LogP contribution in [0.3, 0.4) is 0 Å². The summed E-state index contributed by atoms with van der Waals surface area (Å²) in [5, 5.41) is 0. The van der Waals surface area contributed by atoms with Crippen LogP contribution in [0.1, 0.15) is 39.5 Å². The van der Waals surface area contributed by atoms with Gasteiger partial charge in [-0.1, -0.05) is 54.1 Å². The molecule has 0 aliphatic carbocycles. The van der Waals surface area contributed by atoms with Crippen molar-refractivity contribution in [2.45, 2.75) is 19.5 Å². The smallest absolute Gasteiger partial charge is 0.193 e. The molecule has 0 aliphatic rings. The molecule has 4 heteroatoms. The number of ether oxygens (including phenoxy) is 2. The van der Waals surface area contributed by atoms with Gasteiger partial charge in [0.2, 0.25) is 0 Å². The molecule has 3 nitrogen and oxygen atoms in total. The van der Waals surface area contributed by atoms with E-state index in [1.54, 1.807) is 79.9 Å². The molecule has 0 fully saturated rings. The van der Waals surface area contributed by atoms with Crippen molar-refractivity contribution in [3.63, 3.8) is 0 Å². The van der Waals surface area contributed by atoms with Gasteiger partial charge in [-0.3, -0.25) is 4.79 Å². The number of hydrogen-bond acceptors (Lipinski definition) is 3. The predicted octanol–water partition coefficient (Wildman–Crippen LogP) is 7.26. The van der Waals surface area contributed by atoms with Crippen LogP contribution in [0.15, 0.2) is 97.1 Å². The summed E-state index contributed by atoms with van der Waals surface area (Å²) < 4.78 is 26.6. The first kappa shape index (κ1) is 22.3. The van der Waals surface area contributed by atoms with Crippen LogP contribution in [0.5, 0.6) is 17.2 Å². The normalized spacial score (nSPS) is 12.6. The Balaban J connectivity index is 1.45. The van der Waals surface area contributed by atoms with E-state index >= 15 is 4.39 Å². The fourth-order valence-electron chi connectivity index (χ4n) is 3.59. The Morgan fingerprint density at radius 3 is 1.52 bits per heavy atom. The summed E-state index contributed by atoms with van der Waals surface area (Å²) in [4.78, 5) is 12.6. The number of alkyl halides is 1. The number of methoxy groups -OCH3 is 1. The van der Waals surface area contributed by atoms with Gasteiger partial charge in [0.15, 0.2) is 11.5 Å². The van der Waals surface area contributed by atoms with Gasteiger partial charge >= 0.3 is 0 Å². The first-order chi connectivity index (χ1) is 15.9. The number of carbonyl (C=O) groups excluding carboxylic acids is 1. The molecule has 0 N–H and O–H groups in total. The number of hydrogen-bond donors (Lipinski definition) is 0. The second-order valence-electron chi connectivity index (χ2n) is 8.08. The van der Waals surface area contributed by atoms with Gasteiger partial charge < -0.3 is 9.47 Å². The summed E-state index contributed by atoms with van der Waals surface area (Å²) in [5.74, 6) is 1.83. The Morgan fingerprint density at radius 1 is 0.667 bits per heavy atom. The molecule has 1 atom stereocenters. The zero-order valence-corrected chi connectivity index (χ0v) is 18.8. The Kier molecular flexibility index (Phi) is 6.27. The van der Waals surface area contributed by atoms with E-state index in [4.69, 9.17) is 9.47 Å². The highest BCUT2D eigenvalue weighted by Crippen LogP contribution is 2.35. The highest BCUT2D eigenvalue weighted by atomic mass is 19.1. The molecule has 0 amide bonds. The number of halogens is 1. The van der Waals surface area contributed by atoms with E-state index in [0.717, 1.165) is 5.56 Å². The number of carbonyl (C=O) groups is 1. The SMILES string of the molecule is COc1ccc([C@](C)(F)c2ccc(Oc3ccc(C(=O)c4ccc(C)cc4)cc3)cc2)cc1. The molecule has 0 saturated heterocycles. The molecule has 33 heavy (non-hydrogen) atoms. The van der Waals surface area contributed by atoms with Gasteiger partial charge in [-0.15, -0.1) is 0 Å². The summed E-state index contributed by atoms with van der Waals surface area (Å²) in [7, 11) is 1.58. The van der Waals surface area contributed by atoms with Crippen molar-refractivity contribution < 1.29 is 18.7 Å². The third-order valence-electron chi connectivity index (χ3n) is 5.69. The summed E-state index contributed by atoms with van der Waals surface area (Å²) in [5.41, 5.74) is 1.77. The summed E-state index contributed by atoms with van der Waals surface area (Å²) in [6, 6.07) is 28.4. The van der Waals surface area contributed by atoms with E-state index in [1.807, 2.05) is 31.2 Å². The first-order valence-corrected chi connectivity index (χ1v) is 10.7. The Morgan fingerprint density at radius 2 is 1.06 bits per heavy atom. The quantitative estimate of drug-likeness (QED) is 0.284. The van der Waals surface area contributed by atoms with Gasteiger partial charge in [0, 0.05) is 11.1 Å². The molecule has 0 unspecified atom stereocenters. The Hall–Kier alpha value is -3.92. The van der Waals surface area contributed by atoms with Gasteiger partial charge in [0.05, 0.1) is 7.11 Å². The zero-order chi connectivity index (χ0) is 23.4. The minimum atomic E-state index is -1.65. The van der Waals surface area contributed by atoms with Gasteiger partial charge in [0.25, 0.3) is 0 Å². The van der Waals surface area contributed by atoms with Crippen molar-refractivity contribution >= 4 is 5.78 Å². The van der Waals surface area contributed by atoms with E-state index in [9.17, 15) is 4.79 Å². The molecule has 0 bridgehead atoms. The zero-order valence-electron chi connectivity index (χ0n) is 18.8. The molecule has 4 aromatic rings. The molecular weight excluding hydrogens is 415 g/mol. The topological polar surface area (TPSA) is 35.5 Å². The third kappa shape index (κ3) is 4.96. The first-order valence-electron chi connectivity index (χ1n) is 10.7. The van der Waals surface area contributed by atoms with E-state index in [0.29, 0.717) is 39.5 Å². The lowest BCUT2D eigenvalue weighted by molar-refractivity contribution is 0.103. The molecular formula is C29H25FO3. The van der Waals surface area contributed by atoms with E-state index in [2.05, 4.69) is 0 Å². The van der Waals surface area contributed by atoms with Crippen LogP contribution in [0.2, 0.25) is 0 Å². The molecule has 0 radical (unpaired) electrons. The van der Waals surface area contributed by atoms with Crippen molar-refractivity contribution in [1.29, 1.82) is 0 Å². The fraction of sp³-hybridized carbons (Fsp3) is 0.138. The third-order valence-corrected chi connectivity index (χ3v) is 5.69. The molecule has 166 valence electrons. The van der Waals surface area contributed by atoms with E-state index < -0.39 is 5.67 Å². The van der Waals surface area contributed by atoms with Crippen LogP contribution >= 0.6 is 0 Å². The number of aryl methyl sites for hydroxylation is 1. The van der Waals surface area contributed by atoms with Gasteiger partial charge in [-0.05, 0) is 73.5 Å². The average Bonchev–Trinajstić information content (AvgIpc) is 2.85. The minimum Gasteiger partial charge on any atom is -0.497 e. The molecule has 4 rings (SSSR count). The molecule has 0 aromatic heterocycles. The predicted molar refractivity (Wildman–Crippen MR) is 128 cm³/mol. The maximum atomic E-state index is 15.5. The number of benzene rings is 4. The van der Waals surface area contributed by atoms with Gasteiger partial charge in [-0.2, -0.15) is 0 Å². The Labute approximate surface area is 193 Å². The lowest BCUT2D eigenvalue weighted by Crippen LogP contribution is -2.16. The Bertz CT molecular complexity index is 1220. The van der Waals surface area contributed by atoms with Crippen molar-refractivity contribution in [3.8, 4) is 17.2 Å². The van der Waals surface area contributed by atoms with Gasteiger partial charge in [-0.25, -0.2) is 4.39 Å². The summed E-state index contributed by atoms with van der Waals surface area (Å²) >= 11 is 0. The lowest BCUT2D eigenvalue weighted by Gasteiger charge is -2.22. The standard InChI is InChI=1S/C29H25FO3/c1-20-4-6-21(7-5-20)28(31)22-8-14-26(15-9-22)33-27-18-12-24(13-19-27)29(2,30)23-10-16-25(32-3)17-11-23/h4-19H,1-3H3/t29-/m0/s1. The van der Waals surface area contributed by atoms with Crippen LogP contribution < -0.4 is 9.47 Å². The van der Waals surface area contributed by atoms with Crippen molar-refractivity contribution in [2.24, 2.45) is 0 Å². The maximum Gasteiger partial charge on any atom is 0.193 e. The molecule has 0 heterocycles. The molecule has 4 aromatic carbocycles. The summed E-state index contributed by atoms with van der Waals surface area (Å²) in [6.07, 6.45) is 0. The lowest BCUT2D eigenvalue weighted by atomic mass is 9.90. The van der Waals surface area contributed by atoms with Crippen LogP contribution in [-0.2, 0) is 5.67 Å². The van der Waals surface area contributed by atoms with Crippen LogP contribution in [-0.4, -0.2) is 12.9 Å². The monoisotopic (exact) mass is 440 g/mol. The fourth-order valence-corrected chi connectivity index (χ4v) is 3.59. The highest BCUT2D eigenvalue weighted by molar-refractivity contribution is 6.09. The van der Waals surface area contributed by atoms with Crippen molar-refractivity contribution in [1.82, 2.24) is 0 Å². The van der Waals surface area contributed by atoms with Crippen LogP contribution in [0.25, 0.3) is 0 Å². The van der Waals surface area contributed by atoms with Crippen molar-refractivity contribution in [2.75, 3.05) is 7.11 Å².